The van der Waals surface area contributed by atoms with Crippen LogP contribution in [-0.2, 0) is 0 Å². The molecule has 0 bridgehead atoms. The molecule has 1 fully saturated rings. The molecule has 1 aliphatic rings. The van der Waals surface area contributed by atoms with E-state index < -0.39 is 5.60 Å². The van der Waals surface area contributed by atoms with Gasteiger partial charge in [-0.15, -0.1) is 0 Å². The number of nitrogens with zero attached hydrogens (tertiary/aromatic N) is 3. The minimum atomic E-state index is -0.788. The van der Waals surface area contributed by atoms with Crippen molar-refractivity contribution in [1.82, 2.24) is 14.7 Å². The van der Waals surface area contributed by atoms with Crippen molar-refractivity contribution in [2.75, 3.05) is 13.1 Å². The molecular formula is C16H19N3O2. The van der Waals surface area contributed by atoms with Gasteiger partial charge in [0.25, 0.3) is 5.91 Å². The molecule has 5 heteroatoms. The quantitative estimate of drug-likeness (QED) is 0.916. The molecule has 0 spiro atoms. The fourth-order valence-electron chi connectivity index (χ4n) is 2.73. The molecule has 0 radical (unpaired) electrons. The molecule has 0 aliphatic carbocycles. The van der Waals surface area contributed by atoms with Crippen LogP contribution in [-0.4, -0.2) is 44.4 Å². The van der Waals surface area contributed by atoms with Gasteiger partial charge in [0.15, 0.2) is 0 Å². The van der Waals surface area contributed by atoms with Crippen LogP contribution in [0.15, 0.2) is 42.7 Å². The summed E-state index contributed by atoms with van der Waals surface area (Å²) in [5, 5.41) is 14.4. The van der Waals surface area contributed by atoms with Crippen molar-refractivity contribution >= 4 is 5.91 Å². The molecule has 1 amide bonds. The van der Waals surface area contributed by atoms with Crippen LogP contribution in [0.5, 0.6) is 0 Å². The second-order valence-electron chi connectivity index (χ2n) is 5.84. The van der Waals surface area contributed by atoms with E-state index in [0.29, 0.717) is 18.7 Å². The first kappa shape index (κ1) is 13.8. The summed E-state index contributed by atoms with van der Waals surface area (Å²) < 4.78 is 1.69. The molecule has 110 valence electrons. The molecule has 1 atom stereocenters. The molecule has 5 nitrogen and oxygen atoms in total. The second-order valence-corrected chi connectivity index (χ2v) is 5.84. The Bertz CT molecular complexity index is 634. The van der Waals surface area contributed by atoms with Crippen LogP contribution in [0.3, 0.4) is 0 Å². The van der Waals surface area contributed by atoms with E-state index in [2.05, 4.69) is 5.10 Å². The summed E-state index contributed by atoms with van der Waals surface area (Å²) >= 11 is 0. The zero-order valence-corrected chi connectivity index (χ0v) is 12.1. The first-order valence-electron chi connectivity index (χ1n) is 7.17. The fourth-order valence-corrected chi connectivity index (χ4v) is 2.73. The minimum absolute atomic E-state index is 0.0721. The summed E-state index contributed by atoms with van der Waals surface area (Å²) in [5.74, 6) is -0.0721. The largest absolute Gasteiger partial charge is 0.388 e. The fraction of sp³-hybridized carbons (Fsp3) is 0.375. The van der Waals surface area contributed by atoms with Gasteiger partial charge in [0, 0.05) is 19.3 Å². The number of aromatic nitrogens is 2. The lowest BCUT2D eigenvalue weighted by Gasteiger charge is -2.36. The number of carbonyl (C=O) groups excluding carboxylic acids is 1. The van der Waals surface area contributed by atoms with Crippen molar-refractivity contribution in [2.45, 2.75) is 25.4 Å². The Labute approximate surface area is 123 Å². The standard InChI is InChI=1S/C16H19N3O2/c1-16(21)8-5-9-18(12-16)15(20)13-10-17-19(11-13)14-6-3-2-4-7-14/h2-4,6-7,10-11,21H,5,8-9,12H2,1H3. The minimum Gasteiger partial charge on any atom is -0.388 e. The third-order valence-corrected chi connectivity index (χ3v) is 3.81. The van der Waals surface area contributed by atoms with Crippen molar-refractivity contribution in [1.29, 1.82) is 0 Å². The Balaban J connectivity index is 1.78. The second kappa shape index (κ2) is 5.33. The number of piperidine rings is 1. The maximum absolute atomic E-state index is 12.5. The Kier molecular flexibility index (Phi) is 3.51. The molecule has 1 aliphatic heterocycles. The molecular weight excluding hydrogens is 266 g/mol. The van der Waals surface area contributed by atoms with E-state index >= 15 is 0 Å². The highest BCUT2D eigenvalue weighted by molar-refractivity contribution is 5.94. The summed E-state index contributed by atoms with van der Waals surface area (Å²) in [6, 6.07) is 9.68. The van der Waals surface area contributed by atoms with Gasteiger partial charge in [0.1, 0.15) is 0 Å². The predicted molar refractivity (Wildman–Crippen MR) is 79.3 cm³/mol. The lowest BCUT2D eigenvalue weighted by atomic mass is 9.95. The van der Waals surface area contributed by atoms with Gasteiger partial charge in [-0.25, -0.2) is 4.68 Å². The number of rotatable bonds is 2. The molecule has 1 saturated heterocycles. The van der Waals surface area contributed by atoms with Gasteiger partial charge < -0.3 is 10.0 Å². The highest BCUT2D eigenvalue weighted by Crippen LogP contribution is 2.22. The summed E-state index contributed by atoms with van der Waals surface area (Å²) in [7, 11) is 0. The number of benzene rings is 1. The van der Waals surface area contributed by atoms with E-state index in [0.717, 1.165) is 18.5 Å². The van der Waals surface area contributed by atoms with Gasteiger partial charge in [-0.05, 0) is 31.9 Å². The van der Waals surface area contributed by atoms with Crippen LogP contribution in [0.1, 0.15) is 30.1 Å². The van der Waals surface area contributed by atoms with Crippen LogP contribution in [0.25, 0.3) is 5.69 Å². The van der Waals surface area contributed by atoms with E-state index in [4.69, 9.17) is 0 Å². The molecule has 1 aromatic heterocycles. The van der Waals surface area contributed by atoms with Crippen molar-refractivity contribution in [3.63, 3.8) is 0 Å². The van der Waals surface area contributed by atoms with Crippen molar-refractivity contribution < 1.29 is 9.90 Å². The van der Waals surface area contributed by atoms with Gasteiger partial charge in [-0.2, -0.15) is 5.10 Å². The number of carbonyl (C=O) groups is 1. The van der Waals surface area contributed by atoms with Crippen LogP contribution in [0.2, 0.25) is 0 Å². The number of para-hydroxylation sites is 1. The first-order valence-corrected chi connectivity index (χ1v) is 7.17. The van der Waals surface area contributed by atoms with Gasteiger partial charge >= 0.3 is 0 Å². The highest BCUT2D eigenvalue weighted by atomic mass is 16.3. The van der Waals surface area contributed by atoms with Gasteiger partial charge in [0.05, 0.1) is 23.0 Å². The lowest BCUT2D eigenvalue weighted by molar-refractivity contribution is -0.0107. The van der Waals surface area contributed by atoms with Crippen molar-refractivity contribution in [3.05, 3.63) is 48.3 Å². The van der Waals surface area contributed by atoms with Crippen LogP contribution in [0, 0.1) is 0 Å². The maximum atomic E-state index is 12.5. The van der Waals surface area contributed by atoms with Gasteiger partial charge in [-0.1, -0.05) is 18.2 Å². The molecule has 1 unspecified atom stereocenters. The number of β-amino-alcohol motifs (C(OH)–C–C–N with tert-alkyl or cyclic N) is 1. The normalized spacial score (nSPS) is 22.3. The smallest absolute Gasteiger partial charge is 0.257 e. The molecule has 21 heavy (non-hydrogen) atoms. The highest BCUT2D eigenvalue weighted by Gasteiger charge is 2.31. The third kappa shape index (κ3) is 2.97. The average Bonchev–Trinajstić information content (AvgIpc) is 2.96. The van der Waals surface area contributed by atoms with Crippen LogP contribution >= 0.6 is 0 Å². The van der Waals surface area contributed by atoms with Crippen molar-refractivity contribution in [2.24, 2.45) is 0 Å². The molecule has 0 saturated carbocycles. The Morgan fingerprint density at radius 3 is 2.81 bits per heavy atom. The monoisotopic (exact) mass is 285 g/mol. The van der Waals surface area contributed by atoms with E-state index in [1.165, 1.54) is 0 Å². The molecule has 2 heterocycles. The number of likely N-dealkylation sites (tertiary alicyclic amines) is 1. The zero-order chi connectivity index (χ0) is 14.9. The third-order valence-electron chi connectivity index (χ3n) is 3.81. The van der Waals surface area contributed by atoms with E-state index in [9.17, 15) is 9.90 Å². The number of hydrogen-bond acceptors (Lipinski definition) is 3. The number of hydrogen-bond donors (Lipinski definition) is 1. The van der Waals surface area contributed by atoms with Crippen LogP contribution < -0.4 is 0 Å². The number of aliphatic hydroxyl groups is 1. The SMILES string of the molecule is CC1(O)CCCN(C(=O)c2cnn(-c3ccccc3)c2)C1. The van der Waals surface area contributed by atoms with Crippen molar-refractivity contribution in [3.8, 4) is 5.69 Å². The summed E-state index contributed by atoms with van der Waals surface area (Å²) in [4.78, 5) is 14.2. The zero-order valence-electron chi connectivity index (χ0n) is 12.1. The molecule has 2 aromatic rings. The summed E-state index contributed by atoms with van der Waals surface area (Å²) in [6.45, 7) is 2.84. The van der Waals surface area contributed by atoms with Gasteiger partial charge in [0.2, 0.25) is 0 Å². The number of amides is 1. The molecule has 1 aromatic carbocycles. The first-order chi connectivity index (χ1) is 10.1. The Morgan fingerprint density at radius 2 is 2.10 bits per heavy atom. The lowest BCUT2D eigenvalue weighted by Crippen LogP contribution is -2.48. The summed E-state index contributed by atoms with van der Waals surface area (Å²) in [6.07, 6.45) is 4.88. The molecule has 3 rings (SSSR count). The van der Waals surface area contributed by atoms with E-state index in [-0.39, 0.29) is 5.91 Å². The Hall–Kier alpha value is -2.14. The average molecular weight is 285 g/mol. The van der Waals surface area contributed by atoms with E-state index in [1.807, 2.05) is 30.3 Å². The topological polar surface area (TPSA) is 58.4 Å². The maximum Gasteiger partial charge on any atom is 0.257 e. The molecule has 1 N–H and O–H groups in total. The summed E-state index contributed by atoms with van der Waals surface area (Å²) in [5.41, 5.74) is 0.683. The van der Waals surface area contributed by atoms with Gasteiger partial charge in [-0.3, -0.25) is 4.79 Å². The predicted octanol–water partition coefficient (Wildman–Crippen LogP) is 1.86. The van der Waals surface area contributed by atoms with Crippen LogP contribution in [0.4, 0.5) is 0 Å². The Morgan fingerprint density at radius 1 is 1.33 bits per heavy atom. The van der Waals surface area contributed by atoms with E-state index in [1.54, 1.807) is 28.9 Å².